The van der Waals surface area contributed by atoms with E-state index in [2.05, 4.69) is 17.9 Å². The second-order valence-electron chi connectivity index (χ2n) is 4.70. The summed E-state index contributed by atoms with van der Waals surface area (Å²) in [6.07, 6.45) is 6.82. The van der Waals surface area contributed by atoms with Crippen LogP contribution in [0.2, 0.25) is 0 Å². The van der Waals surface area contributed by atoms with E-state index in [1.165, 1.54) is 32.1 Å². The molecule has 0 saturated heterocycles. The van der Waals surface area contributed by atoms with Crippen LogP contribution < -0.4 is 0 Å². The molecule has 0 spiro atoms. The van der Waals surface area contributed by atoms with Crippen LogP contribution >= 0.6 is 0 Å². The van der Waals surface area contributed by atoms with Gasteiger partial charge in [-0.2, -0.15) is 5.26 Å². The third kappa shape index (κ3) is 3.36. The molecule has 1 fully saturated rings. The van der Waals surface area contributed by atoms with Crippen molar-refractivity contribution < 1.29 is 0 Å². The van der Waals surface area contributed by atoms with Crippen molar-refractivity contribution in [1.82, 2.24) is 4.90 Å². The fraction of sp³-hybridized carbons (Fsp3) is 0.909. The molecule has 0 unspecified atom stereocenters. The maximum atomic E-state index is 8.56. The highest BCUT2D eigenvalue weighted by Crippen LogP contribution is 2.35. The van der Waals surface area contributed by atoms with Crippen LogP contribution in [0.15, 0.2) is 0 Å². The molecule has 74 valence electrons. The lowest BCUT2D eigenvalue weighted by molar-refractivity contribution is 0.148. The zero-order valence-corrected chi connectivity index (χ0v) is 8.84. The molecule has 0 aromatic carbocycles. The van der Waals surface area contributed by atoms with E-state index >= 15 is 0 Å². The molecule has 1 saturated carbocycles. The minimum Gasteiger partial charge on any atom is -0.293 e. The second-order valence-corrected chi connectivity index (χ2v) is 4.70. The first-order valence-corrected chi connectivity index (χ1v) is 5.22. The van der Waals surface area contributed by atoms with E-state index in [4.69, 9.17) is 5.26 Å². The number of rotatable bonds is 3. The Balaban J connectivity index is 2.36. The lowest BCUT2D eigenvalue weighted by Gasteiger charge is -2.36. The van der Waals surface area contributed by atoms with Gasteiger partial charge >= 0.3 is 0 Å². The summed E-state index contributed by atoms with van der Waals surface area (Å²) >= 11 is 0. The summed E-state index contributed by atoms with van der Waals surface area (Å²) in [6.45, 7) is 4.01. The number of hydrogen-bond donors (Lipinski definition) is 0. The van der Waals surface area contributed by atoms with E-state index in [9.17, 15) is 0 Å². The SMILES string of the molecule is CN(CC#N)CC1(C)CCCCC1. The van der Waals surface area contributed by atoms with Crippen molar-refractivity contribution in [2.24, 2.45) is 5.41 Å². The van der Waals surface area contributed by atoms with Gasteiger partial charge in [0.1, 0.15) is 0 Å². The molecular weight excluding hydrogens is 160 g/mol. The lowest BCUT2D eigenvalue weighted by atomic mass is 9.75. The normalized spacial score (nSPS) is 21.4. The van der Waals surface area contributed by atoms with Gasteiger partial charge in [0, 0.05) is 6.54 Å². The number of nitriles is 1. The van der Waals surface area contributed by atoms with Gasteiger partial charge < -0.3 is 0 Å². The summed E-state index contributed by atoms with van der Waals surface area (Å²) in [6, 6.07) is 2.20. The van der Waals surface area contributed by atoms with Gasteiger partial charge in [-0.25, -0.2) is 0 Å². The summed E-state index contributed by atoms with van der Waals surface area (Å²) in [5.41, 5.74) is 0.476. The first-order chi connectivity index (χ1) is 6.16. The monoisotopic (exact) mass is 180 g/mol. The molecule has 0 heterocycles. The molecule has 2 heteroatoms. The highest BCUT2D eigenvalue weighted by Gasteiger charge is 2.27. The Kier molecular flexibility index (Phi) is 3.74. The Bertz CT molecular complexity index is 187. The molecule has 0 atom stereocenters. The highest BCUT2D eigenvalue weighted by molar-refractivity contribution is 4.84. The first-order valence-electron chi connectivity index (χ1n) is 5.22. The van der Waals surface area contributed by atoms with Crippen molar-refractivity contribution in [1.29, 1.82) is 5.26 Å². The molecule has 1 aliphatic rings. The summed E-state index contributed by atoms with van der Waals surface area (Å²) in [7, 11) is 2.04. The Morgan fingerprint density at radius 3 is 2.46 bits per heavy atom. The number of nitrogens with zero attached hydrogens (tertiary/aromatic N) is 2. The van der Waals surface area contributed by atoms with Gasteiger partial charge in [0.25, 0.3) is 0 Å². The predicted molar refractivity (Wildman–Crippen MR) is 54.3 cm³/mol. The van der Waals surface area contributed by atoms with Crippen LogP contribution in [0.3, 0.4) is 0 Å². The van der Waals surface area contributed by atoms with Gasteiger partial charge in [-0.1, -0.05) is 26.2 Å². The molecule has 0 aromatic heterocycles. The summed E-state index contributed by atoms with van der Waals surface area (Å²) in [5, 5.41) is 8.56. The van der Waals surface area contributed by atoms with Crippen LogP contribution in [-0.2, 0) is 0 Å². The Morgan fingerprint density at radius 1 is 1.31 bits per heavy atom. The Hall–Kier alpha value is -0.550. The average molecular weight is 180 g/mol. The molecule has 0 bridgehead atoms. The quantitative estimate of drug-likeness (QED) is 0.624. The van der Waals surface area contributed by atoms with Crippen molar-refractivity contribution in [2.75, 3.05) is 20.1 Å². The first kappa shape index (κ1) is 10.5. The van der Waals surface area contributed by atoms with E-state index in [0.717, 1.165) is 6.54 Å². The molecule has 0 aliphatic heterocycles. The van der Waals surface area contributed by atoms with E-state index in [1.807, 2.05) is 7.05 Å². The van der Waals surface area contributed by atoms with Gasteiger partial charge in [0.15, 0.2) is 0 Å². The van der Waals surface area contributed by atoms with Crippen LogP contribution in [0.25, 0.3) is 0 Å². The average Bonchev–Trinajstić information content (AvgIpc) is 2.04. The summed E-state index contributed by atoms with van der Waals surface area (Å²) in [4.78, 5) is 2.14. The molecule has 0 amide bonds. The van der Waals surface area contributed by atoms with E-state index in [1.54, 1.807) is 0 Å². The van der Waals surface area contributed by atoms with Gasteiger partial charge in [-0.15, -0.1) is 0 Å². The van der Waals surface area contributed by atoms with Crippen LogP contribution in [0.1, 0.15) is 39.0 Å². The fourth-order valence-electron chi connectivity index (χ4n) is 2.39. The van der Waals surface area contributed by atoms with Gasteiger partial charge in [-0.05, 0) is 25.3 Å². The second kappa shape index (κ2) is 4.62. The Labute approximate surface area is 81.5 Å². The summed E-state index contributed by atoms with van der Waals surface area (Å²) in [5.74, 6) is 0. The third-order valence-electron chi connectivity index (χ3n) is 3.05. The van der Waals surface area contributed by atoms with E-state index in [0.29, 0.717) is 12.0 Å². The minimum absolute atomic E-state index is 0.476. The zero-order valence-electron chi connectivity index (χ0n) is 8.84. The van der Waals surface area contributed by atoms with Crippen molar-refractivity contribution in [2.45, 2.75) is 39.0 Å². The summed E-state index contributed by atoms with van der Waals surface area (Å²) < 4.78 is 0. The predicted octanol–water partition coefficient (Wildman–Crippen LogP) is 2.41. The molecule has 13 heavy (non-hydrogen) atoms. The molecular formula is C11H20N2. The molecule has 2 nitrogen and oxygen atoms in total. The van der Waals surface area contributed by atoms with Crippen LogP contribution in [0.5, 0.6) is 0 Å². The number of hydrogen-bond acceptors (Lipinski definition) is 2. The molecule has 0 radical (unpaired) electrons. The van der Waals surface area contributed by atoms with Crippen molar-refractivity contribution in [3.05, 3.63) is 0 Å². The molecule has 1 rings (SSSR count). The molecule has 1 aliphatic carbocycles. The zero-order chi connectivity index (χ0) is 9.73. The molecule has 0 aromatic rings. The standard InChI is InChI=1S/C11H20N2/c1-11(6-4-3-5-7-11)10-13(2)9-8-12/h3-7,9-10H2,1-2H3. The fourth-order valence-corrected chi connectivity index (χ4v) is 2.39. The Morgan fingerprint density at radius 2 is 1.92 bits per heavy atom. The maximum absolute atomic E-state index is 8.56. The lowest BCUT2D eigenvalue weighted by Crippen LogP contribution is -2.35. The van der Waals surface area contributed by atoms with Crippen LogP contribution in [0, 0.1) is 16.7 Å². The van der Waals surface area contributed by atoms with Crippen molar-refractivity contribution in [3.8, 4) is 6.07 Å². The molecule has 0 N–H and O–H groups in total. The largest absolute Gasteiger partial charge is 0.293 e. The van der Waals surface area contributed by atoms with Crippen molar-refractivity contribution >= 4 is 0 Å². The van der Waals surface area contributed by atoms with Crippen molar-refractivity contribution in [3.63, 3.8) is 0 Å². The highest BCUT2D eigenvalue weighted by atomic mass is 15.1. The van der Waals surface area contributed by atoms with Crippen LogP contribution in [0.4, 0.5) is 0 Å². The van der Waals surface area contributed by atoms with Gasteiger partial charge in [-0.3, -0.25) is 4.90 Å². The third-order valence-corrected chi connectivity index (χ3v) is 3.05. The van der Waals surface area contributed by atoms with E-state index in [-0.39, 0.29) is 0 Å². The van der Waals surface area contributed by atoms with Gasteiger partial charge in [0.05, 0.1) is 12.6 Å². The maximum Gasteiger partial charge on any atom is 0.0863 e. The minimum atomic E-state index is 0.476. The van der Waals surface area contributed by atoms with E-state index < -0.39 is 0 Å². The topological polar surface area (TPSA) is 27.0 Å². The van der Waals surface area contributed by atoms with Gasteiger partial charge in [0.2, 0.25) is 0 Å². The smallest absolute Gasteiger partial charge is 0.0863 e. The van der Waals surface area contributed by atoms with Crippen LogP contribution in [-0.4, -0.2) is 25.0 Å².